The van der Waals surface area contributed by atoms with Crippen LogP contribution >= 0.6 is 11.6 Å². The van der Waals surface area contributed by atoms with Crippen LogP contribution in [0.1, 0.15) is 18.5 Å². The maximum Gasteiger partial charge on any atom is 0.319 e. The van der Waals surface area contributed by atoms with Crippen molar-refractivity contribution < 1.29 is 18.4 Å². The van der Waals surface area contributed by atoms with Gasteiger partial charge >= 0.3 is 6.03 Å². The topological polar surface area (TPSA) is 70.2 Å². The number of allylic oxidation sites excluding steroid dienone is 1. The van der Waals surface area contributed by atoms with Crippen LogP contribution in [0.3, 0.4) is 0 Å². The Balaban J connectivity index is 2.04. The smallest absolute Gasteiger partial charge is 0.319 e. The largest absolute Gasteiger partial charge is 0.327 e. The first-order chi connectivity index (χ1) is 12.4. The van der Waals surface area contributed by atoms with Crippen LogP contribution in [0.25, 0.3) is 0 Å². The zero-order valence-corrected chi connectivity index (χ0v) is 14.3. The standard InChI is InChI=1S/C18H14ClF2N3O2/c1-9-14(17(25)23-13-8-3-2-6-11(13)20)16(24-18(26)22-9)15-10(19)5-4-7-12(15)21/h2-8,16H,1H3,(H,23,25)(H2,22,24,26)/t16-/m0/s1. The van der Waals surface area contributed by atoms with E-state index in [-0.39, 0.29) is 27.5 Å². The van der Waals surface area contributed by atoms with Crippen LogP contribution < -0.4 is 16.0 Å². The average Bonchev–Trinajstić information content (AvgIpc) is 2.56. The van der Waals surface area contributed by atoms with Crippen LogP contribution in [0.5, 0.6) is 0 Å². The molecule has 0 radical (unpaired) electrons. The minimum Gasteiger partial charge on any atom is -0.327 e. The Morgan fingerprint density at radius 2 is 1.81 bits per heavy atom. The fourth-order valence-electron chi connectivity index (χ4n) is 2.75. The third-order valence-electron chi connectivity index (χ3n) is 3.92. The molecule has 0 aliphatic carbocycles. The van der Waals surface area contributed by atoms with Gasteiger partial charge < -0.3 is 16.0 Å². The zero-order chi connectivity index (χ0) is 18.8. The summed E-state index contributed by atoms with van der Waals surface area (Å²) in [4.78, 5) is 24.6. The minimum absolute atomic E-state index is 0.0276. The second-order valence-corrected chi connectivity index (χ2v) is 6.05. The molecule has 3 amide bonds. The molecule has 1 heterocycles. The van der Waals surface area contributed by atoms with E-state index >= 15 is 0 Å². The number of anilines is 1. The normalized spacial score (nSPS) is 16.8. The van der Waals surface area contributed by atoms with Gasteiger partial charge in [-0.15, -0.1) is 0 Å². The second-order valence-electron chi connectivity index (χ2n) is 5.64. The number of amides is 3. The highest BCUT2D eigenvalue weighted by molar-refractivity contribution is 6.31. The van der Waals surface area contributed by atoms with Crippen molar-refractivity contribution >= 4 is 29.2 Å². The van der Waals surface area contributed by atoms with E-state index in [2.05, 4.69) is 16.0 Å². The van der Waals surface area contributed by atoms with Gasteiger partial charge in [0, 0.05) is 16.3 Å². The summed E-state index contributed by atoms with van der Waals surface area (Å²) in [6.45, 7) is 1.50. The lowest BCUT2D eigenvalue weighted by molar-refractivity contribution is -0.113. The highest BCUT2D eigenvalue weighted by Crippen LogP contribution is 2.34. The van der Waals surface area contributed by atoms with Crippen molar-refractivity contribution in [3.8, 4) is 0 Å². The van der Waals surface area contributed by atoms with E-state index in [1.54, 1.807) is 6.07 Å². The van der Waals surface area contributed by atoms with Crippen molar-refractivity contribution in [2.45, 2.75) is 13.0 Å². The van der Waals surface area contributed by atoms with Crippen molar-refractivity contribution in [3.63, 3.8) is 0 Å². The first kappa shape index (κ1) is 17.9. The van der Waals surface area contributed by atoms with Crippen molar-refractivity contribution in [3.05, 3.63) is 76.0 Å². The Hall–Kier alpha value is -2.93. The molecule has 26 heavy (non-hydrogen) atoms. The van der Waals surface area contributed by atoms with Gasteiger partial charge in [0.15, 0.2) is 0 Å². The molecule has 1 atom stereocenters. The average molecular weight is 378 g/mol. The molecule has 2 aromatic carbocycles. The molecule has 0 fully saturated rings. The predicted molar refractivity (Wildman–Crippen MR) is 93.5 cm³/mol. The number of hydrogen-bond acceptors (Lipinski definition) is 2. The van der Waals surface area contributed by atoms with Crippen LogP contribution in [0, 0.1) is 11.6 Å². The molecule has 1 aliphatic rings. The molecule has 0 spiro atoms. The molecule has 8 heteroatoms. The molecular formula is C18H14ClF2N3O2. The van der Waals surface area contributed by atoms with Gasteiger partial charge in [0.05, 0.1) is 17.3 Å². The number of carbonyl (C=O) groups excluding carboxylic acids is 2. The Labute approximate surface area is 153 Å². The Morgan fingerprint density at radius 3 is 2.50 bits per heavy atom. The molecule has 0 saturated heterocycles. The molecule has 3 rings (SSSR count). The Kier molecular flexibility index (Phi) is 4.90. The summed E-state index contributed by atoms with van der Waals surface area (Å²) in [6.07, 6.45) is 0. The van der Waals surface area contributed by atoms with Crippen molar-refractivity contribution in [1.82, 2.24) is 10.6 Å². The lowest BCUT2D eigenvalue weighted by Crippen LogP contribution is -2.46. The van der Waals surface area contributed by atoms with Crippen molar-refractivity contribution in [2.24, 2.45) is 0 Å². The molecule has 5 nitrogen and oxygen atoms in total. The van der Waals surface area contributed by atoms with Crippen molar-refractivity contribution in [1.29, 1.82) is 0 Å². The van der Waals surface area contributed by atoms with Gasteiger partial charge in [-0.05, 0) is 31.2 Å². The van der Waals surface area contributed by atoms with Crippen LogP contribution in [0.15, 0.2) is 53.7 Å². The predicted octanol–water partition coefficient (Wildman–Crippen LogP) is 3.88. The van der Waals surface area contributed by atoms with E-state index in [4.69, 9.17) is 11.6 Å². The van der Waals surface area contributed by atoms with Gasteiger partial charge in [0.2, 0.25) is 0 Å². The van der Waals surface area contributed by atoms with Crippen LogP contribution in [-0.2, 0) is 4.79 Å². The quantitative estimate of drug-likeness (QED) is 0.759. The molecule has 0 unspecified atom stereocenters. The minimum atomic E-state index is -1.12. The van der Waals surface area contributed by atoms with Gasteiger partial charge in [-0.3, -0.25) is 4.79 Å². The first-order valence-electron chi connectivity index (χ1n) is 7.66. The van der Waals surface area contributed by atoms with E-state index in [0.29, 0.717) is 0 Å². The third kappa shape index (κ3) is 3.39. The highest BCUT2D eigenvalue weighted by atomic mass is 35.5. The van der Waals surface area contributed by atoms with E-state index in [0.717, 1.165) is 0 Å². The van der Waals surface area contributed by atoms with E-state index in [1.165, 1.54) is 43.3 Å². The zero-order valence-electron chi connectivity index (χ0n) is 13.6. The van der Waals surface area contributed by atoms with E-state index in [9.17, 15) is 18.4 Å². The Morgan fingerprint density at radius 1 is 1.12 bits per heavy atom. The summed E-state index contributed by atoms with van der Waals surface area (Å²) in [5, 5.41) is 7.44. The number of hydrogen-bond donors (Lipinski definition) is 3. The number of halogens is 3. The molecule has 2 aromatic rings. The number of carbonyl (C=O) groups is 2. The maximum absolute atomic E-state index is 14.3. The van der Waals surface area contributed by atoms with Gasteiger partial charge in [-0.25, -0.2) is 13.6 Å². The first-order valence-corrected chi connectivity index (χ1v) is 8.04. The third-order valence-corrected chi connectivity index (χ3v) is 4.25. The van der Waals surface area contributed by atoms with Crippen LogP contribution in [0.2, 0.25) is 5.02 Å². The van der Waals surface area contributed by atoms with Crippen LogP contribution in [0.4, 0.5) is 19.3 Å². The molecule has 0 aromatic heterocycles. The molecule has 3 N–H and O–H groups in total. The lowest BCUT2D eigenvalue weighted by Gasteiger charge is -2.29. The summed E-state index contributed by atoms with van der Waals surface area (Å²) in [5.74, 6) is -1.98. The highest BCUT2D eigenvalue weighted by Gasteiger charge is 2.34. The number of benzene rings is 2. The summed E-state index contributed by atoms with van der Waals surface area (Å²) < 4.78 is 28.2. The summed E-state index contributed by atoms with van der Waals surface area (Å²) in [6, 6.07) is 7.96. The monoisotopic (exact) mass is 377 g/mol. The fraction of sp³-hybridized carbons (Fsp3) is 0.111. The molecular weight excluding hydrogens is 364 g/mol. The Bertz CT molecular complexity index is 910. The van der Waals surface area contributed by atoms with E-state index in [1.807, 2.05) is 0 Å². The van der Waals surface area contributed by atoms with Gasteiger partial charge in [-0.1, -0.05) is 29.8 Å². The number of urea groups is 1. The SMILES string of the molecule is CC1=C(C(=O)Nc2ccccc2F)[C@@H](c2c(F)cccc2Cl)NC(=O)N1. The maximum atomic E-state index is 14.3. The van der Waals surface area contributed by atoms with Gasteiger partial charge in [0.1, 0.15) is 11.6 Å². The van der Waals surface area contributed by atoms with Crippen LogP contribution in [-0.4, -0.2) is 11.9 Å². The van der Waals surface area contributed by atoms with Crippen molar-refractivity contribution in [2.75, 3.05) is 5.32 Å². The molecule has 134 valence electrons. The number of nitrogens with one attached hydrogen (secondary N) is 3. The second kappa shape index (κ2) is 7.13. The van der Waals surface area contributed by atoms with E-state index < -0.39 is 29.6 Å². The number of rotatable bonds is 3. The lowest BCUT2D eigenvalue weighted by atomic mass is 9.94. The summed E-state index contributed by atoms with van der Waals surface area (Å²) in [5.41, 5.74) is 0.168. The molecule has 0 bridgehead atoms. The van der Waals surface area contributed by atoms with Gasteiger partial charge in [-0.2, -0.15) is 0 Å². The summed E-state index contributed by atoms with van der Waals surface area (Å²) >= 11 is 6.09. The fourth-order valence-corrected chi connectivity index (χ4v) is 3.02. The number of para-hydroxylation sites is 1. The summed E-state index contributed by atoms with van der Waals surface area (Å²) in [7, 11) is 0. The molecule has 1 aliphatic heterocycles. The molecule has 0 saturated carbocycles. The van der Waals surface area contributed by atoms with Gasteiger partial charge in [0.25, 0.3) is 5.91 Å².